The Bertz CT molecular complexity index is 1230. The van der Waals surface area contributed by atoms with Crippen molar-refractivity contribution in [3.05, 3.63) is 70.0 Å². The SMILES string of the molecule is C=C1OCCn2c1nc(C(=O)NCc1ccc(F)cc1-c1ncc(C)o1)c(O)c2=O. The van der Waals surface area contributed by atoms with Gasteiger partial charge in [0.2, 0.25) is 11.6 Å². The van der Waals surface area contributed by atoms with Crippen LogP contribution in [-0.2, 0) is 17.8 Å². The maximum atomic E-state index is 13.7. The maximum absolute atomic E-state index is 13.7. The molecule has 0 aliphatic carbocycles. The van der Waals surface area contributed by atoms with Crippen LogP contribution in [0.3, 0.4) is 0 Å². The van der Waals surface area contributed by atoms with Gasteiger partial charge in [0.1, 0.15) is 18.2 Å². The van der Waals surface area contributed by atoms with E-state index >= 15 is 0 Å². The lowest BCUT2D eigenvalue weighted by Gasteiger charge is -2.21. The quantitative estimate of drug-likeness (QED) is 0.672. The summed E-state index contributed by atoms with van der Waals surface area (Å²) in [7, 11) is 0. The number of nitrogens with zero attached hydrogens (tertiary/aromatic N) is 3. The summed E-state index contributed by atoms with van der Waals surface area (Å²) >= 11 is 0. The fraction of sp³-hybridized carbons (Fsp3) is 0.200. The van der Waals surface area contributed by atoms with Gasteiger partial charge in [-0.15, -0.1) is 0 Å². The number of rotatable bonds is 4. The molecule has 9 nitrogen and oxygen atoms in total. The molecule has 2 aromatic heterocycles. The monoisotopic (exact) mass is 412 g/mol. The lowest BCUT2D eigenvalue weighted by atomic mass is 10.1. The van der Waals surface area contributed by atoms with E-state index in [0.717, 1.165) is 0 Å². The maximum Gasteiger partial charge on any atom is 0.297 e. The van der Waals surface area contributed by atoms with E-state index in [0.29, 0.717) is 16.9 Å². The molecule has 2 N–H and O–H groups in total. The van der Waals surface area contributed by atoms with E-state index in [-0.39, 0.29) is 37.2 Å². The highest BCUT2D eigenvalue weighted by atomic mass is 19.1. The molecular formula is C20H17FN4O5. The first-order chi connectivity index (χ1) is 14.3. The van der Waals surface area contributed by atoms with Crippen LogP contribution in [0.1, 0.15) is 27.6 Å². The second kappa shape index (κ2) is 7.47. The van der Waals surface area contributed by atoms with Crippen molar-refractivity contribution in [2.45, 2.75) is 20.0 Å². The number of ether oxygens (including phenoxy) is 1. The Hall–Kier alpha value is -3.95. The van der Waals surface area contributed by atoms with Crippen LogP contribution in [0.2, 0.25) is 0 Å². The number of carbonyl (C=O) groups is 1. The average Bonchev–Trinajstić information content (AvgIpc) is 3.16. The fourth-order valence-corrected chi connectivity index (χ4v) is 3.09. The summed E-state index contributed by atoms with van der Waals surface area (Å²) < 4.78 is 25.6. The summed E-state index contributed by atoms with van der Waals surface area (Å²) in [6, 6.07) is 3.97. The number of carbonyl (C=O) groups excluding carboxylic acids is 1. The summed E-state index contributed by atoms with van der Waals surface area (Å²) in [5.41, 5.74) is -0.317. The van der Waals surface area contributed by atoms with Crippen LogP contribution in [0.5, 0.6) is 5.75 Å². The van der Waals surface area contributed by atoms with E-state index in [1.807, 2.05) is 0 Å². The van der Waals surface area contributed by atoms with Gasteiger partial charge < -0.3 is 19.6 Å². The van der Waals surface area contributed by atoms with E-state index < -0.39 is 28.7 Å². The van der Waals surface area contributed by atoms with E-state index in [4.69, 9.17) is 9.15 Å². The Kier molecular flexibility index (Phi) is 4.82. The molecule has 3 heterocycles. The molecule has 1 aliphatic heterocycles. The molecule has 3 aromatic rings. The van der Waals surface area contributed by atoms with Crippen molar-refractivity contribution in [2.24, 2.45) is 0 Å². The molecule has 1 aliphatic rings. The standard InChI is InChI=1S/C20H17FN4O5/c1-10-8-23-19(30-10)14-7-13(21)4-3-12(14)9-22-18(27)15-16(26)20(28)25-5-6-29-11(2)17(25)24-15/h3-4,7-8,26H,2,5-6,9H2,1H3,(H,22,27). The predicted molar refractivity (Wildman–Crippen MR) is 103 cm³/mol. The van der Waals surface area contributed by atoms with E-state index in [1.54, 1.807) is 6.92 Å². The highest BCUT2D eigenvalue weighted by Crippen LogP contribution is 2.25. The van der Waals surface area contributed by atoms with E-state index in [9.17, 15) is 19.1 Å². The first-order valence-electron chi connectivity index (χ1n) is 9.00. The lowest BCUT2D eigenvalue weighted by Crippen LogP contribution is -2.34. The molecule has 154 valence electrons. The Morgan fingerprint density at radius 2 is 2.23 bits per heavy atom. The highest BCUT2D eigenvalue weighted by Gasteiger charge is 2.25. The minimum absolute atomic E-state index is 0.0488. The Morgan fingerprint density at radius 3 is 2.97 bits per heavy atom. The zero-order chi connectivity index (χ0) is 21.4. The number of amides is 1. The third-order valence-corrected chi connectivity index (χ3v) is 4.56. The van der Waals surface area contributed by atoms with Crippen LogP contribution >= 0.6 is 0 Å². The normalized spacial score (nSPS) is 12.9. The third kappa shape index (κ3) is 3.43. The topological polar surface area (TPSA) is 119 Å². The minimum Gasteiger partial charge on any atom is -0.501 e. The van der Waals surface area contributed by atoms with Crippen molar-refractivity contribution in [2.75, 3.05) is 6.61 Å². The van der Waals surface area contributed by atoms with Crippen LogP contribution < -0.4 is 10.9 Å². The van der Waals surface area contributed by atoms with Crippen LogP contribution in [-0.4, -0.2) is 32.2 Å². The number of fused-ring (bicyclic) bond motifs is 1. The van der Waals surface area contributed by atoms with E-state index in [2.05, 4.69) is 21.9 Å². The van der Waals surface area contributed by atoms with Crippen LogP contribution in [0.25, 0.3) is 17.2 Å². The van der Waals surface area contributed by atoms with Gasteiger partial charge in [-0.05, 0) is 24.6 Å². The van der Waals surface area contributed by atoms with Crippen molar-refractivity contribution in [3.8, 4) is 17.2 Å². The van der Waals surface area contributed by atoms with Gasteiger partial charge in [-0.1, -0.05) is 12.6 Å². The van der Waals surface area contributed by atoms with Gasteiger partial charge in [-0.25, -0.2) is 14.4 Å². The molecule has 0 bridgehead atoms. The minimum atomic E-state index is -0.787. The number of aromatic hydroxyl groups is 1. The molecule has 0 atom stereocenters. The molecule has 1 amide bonds. The second-order valence-corrected chi connectivity index (χ2v) is 6.62. The van der Waals surface area contributed by atoms with Crippen LogP contribution in [0.15, 0.2) is 40.2 Å². The second-order valence-electron chi connectivity index (χ2n) is 6.62. The molecule has 0 saturated carbocycles. The summed E-state index contributed by atoms with van der Waals surface area (Å²) in [6.45, 7) is 5.72. The lowest BCUT2D eigenvalue weighted by molar-refractivity contribution is 0.0941. The molecule has 10 heteroatoms. The summed E-state index contributed by atoms with van der Waals surface area (Å²) in [6.07, 6.45) is 1.50. The van der Waals surface area contributed by atoms with Gasteiger partial charge in [0.05, 0.1) is 12.7 Å². The number of oxazole rings is 1. The molecule has 4 rings (SSSR count). The van der Waals surface area contributed by atoms with Crippen LogP contribution in [0, 0.1) is 12.7 Å². The van der Waals surface area contributed by atoms with E-state index in [1.165, 1.54) is 29.0 Å². The Labute approximate surface area is 169 Å². The largest absolute Gasteiger partial charge is 0.501 e. The molecule has 0 unspecified atom stereocenters. The van der Waals surface area contributed by atoms with Gasteiger partial charge in [-0.2, -0.15) is 0 Å². The van der Waals surface area contributed by atoms with Crippen molar-refractivity contribution in [3.63, 3.8) is 0 Å². The predicted octanol–water partition coefficient (Wildman–Crippen LogP) is 1.98. The highest BCUT2D eigenvalue weighted by molar-refractivity contribution is 5.95. The molecule has 0 fully saturated rings. The van der Waals surface area contributed by atoms with Gasteiger partial charge in [-0.3, -0.25) is 14.2 Å². The number of aromatic nitrogens is 3. The molecule has 30 heavy (non-hydrogen) atoms. The number of hydrogen-bond donors (Lipinski definition) is 2. The molecule has 0 spiro atoms. The summed E-state index contributed by atoms with van der Waals surface area (Å²) in [5.74, 6) is -1.08. The van der Waals surface area contributed by atoms with Crippen molar-refractivity contribution in [1.82, 2.24) is 19.9 Å². The van der Waals surface area contributed by atoms with Crippen molar-refractivity contribution in [1.29, 1.82) is 0 Å². The van der Waals surface area contributed by atoms with Crippen LogP contribution in [0.4, 0.5) is 4.39 Å². The van der Waals surface area contributed by atoms with Crippen molar-refractivity contribution < 1.29 is 23.4 Å². The summed E-state index contributed by atoms with van der Waals surface area (Å²) in [4.78, 5) is 33.1. The molecule has 0 radical (unpaired) electrons. The number of benzene rings is 1. The van der Waals surface area contributed by atoms with Gasteiger partial charge >= 0.3 is 0 Å². The average molecular weight is 412 g/mol. The molecule has 0 saturated heterocycles. The Balaban J connectivity index is 1.62. The fourth-order valence-electron chi connectivity index (χ4n) is 3.09. The Morgan fingerprint density at radius 1 is 1.43 bits per heavy atom. The zero-order valence-electron chi connectivity index (χ0n) is 15.9. The van der Waals surface area contributed by atoms with Gasteiger partial charge in [0, 0.05) is 12.1 Å². The number of halogens is 1. The van der Waals surface area contributed by atoms with Crippen molar-refractivity contribution >= 4 is 11.7 Å². The smallest absolute Gasteiger partial charge is 0.297 e. The molecule has 1 aromatic carbocycles. The number of hydrogen-bond acceptors (Lipinski definition) is 7. The molecular weight excluding hydrogens is 395 g/mol. The first kappa shape index (κ1) is 19.4. The number of aryl methyl sites for hydroxylation is 1. The zero-order valence-corrected chi connectivity index (χ0v) is 15.9. The van der Waals surface area contributed by atoms with Gasteiger partial charge in [0.15, 0.2) is 17.3 Å². The number of nitrogens with one attached hydrogen (secondary N) is 1. The summed E-state index contributed by atoms with van der Waals surface area (Å²) in [5, 5.41) is 12.7. The third-order valence-electron chi connectivity index (χ3n) is 4.56. The first-order valence-corrected chi connectivity index (χ1v) is 9.00. The van der Waals surface area contributed by atoms with Gasteiger partial charge in [0.25, 0.3) is 11.5 Å².